The van der Waals surface area contributed by atoms with Crippen LogP contribution in [0.3, 0.4) is 0 Å². The summed E-state index contributed by atoms with van der Waals surface area (Å²) in [5.41, 5.74) is 1.50. The quantitative estimate of drug-likeness (QED) is 0.808. The van der Waals surface area contributed by atoms with Crippen molar-refractivity contribution in [3.63, 3.8) is 0 Å². The largest absolute Gasteiger partial charge is 0.345 e. The zero-order chi connectivity index (χ0) is 13.9. The number of rotatable bonds is 3. The molecule has 0 aromatic heterocycles. The molecule has 0 bridgehead atoms. The molecule has 104 valence electrons. The molecule has 0 aliphatic heterocycles. The molecule has 1 fully saturated rings. The second-order valence-corrected chi connectivity index (χ2v) is 6.57. The van der Waals surface area contributed by atoms with Crippen LogP contribution in [0.5, 0.6) is 0 Å². The predicted molar refractivity (Wildman–Crippen MR) is 82.9 cm³/mol. The molecule has 0 heterocycles. The number of nitrogens with one attached hydrogen (secondary N) is 1. The van der Waals surface area contributed by atoms with Gasteiger partial charge in [0.2, 0.25) is 0 Å². The van der Waals surface area contributed by atoms with Crippen LogP contribution in [0.4, 0.5) is 0 Å². The van der Waals surface area contributed by atoms with Crippen molar-refractivity contribution in [1.82, 2.24) is 5.32 Å². The highest BCUT2D eigenvalue weighted by atomic mass is 79.9. The van der Waals surface area contributed by atoms with E-state index < -0.39 is 0 Å². The summed E-state index contributed by atoms with van der Waals surface area (Å²) in [6.07, 6.45) is 5.49. The highest BCUT2D eigenvalue weighted by molar-refractivity contribution is 9.10. The third kappa shape index (κ3) is 3.51. The Bertz CT molecular complexity index is 469. The van der Waals surface area contributed by atoms with Crippen molar-refractivity contribution in [2.45, 2.75) is 44.6 Å². The van der Waals surface area contributed by atoms with E-state index >= 15 is 0 Å². The first-order chi connectivity index (χ1) is 9.06. The fourth-order valence-corrected chi connectivity index (χ4v) is 3.36. The van der Waals surface area contributed by atoms with E-state index in [4.69, 9.17) is 11.6 Å². The van der Waals surface area contributed by atoms with Crippen LogP contribution < -0.4 is 5.32 Å². The van der Waals surface area contributed by atoms with Gasteiger partial charge in [0, 0.05) is 15.9 Å². The fraction of sp³-hybridized carbons (Fsp3) is 0.533. The van der Waals surface area contributed by atoms with Gasteiger partial charge in [-0.1, -0.05) is 41.3 Å². The van der Waals surface area contributed by atoms with Gasteiger partial charge >= 0.3 is 0 Å². The number of alkyl halides is 1. The van der Waals surface area contributed by atoms with Crippen molar-refractivity contribution in [2.24, 2.45) is 0 Å². The lowest BCUT2D eigenvalue weighted by Gasteiger charge is -2.36. The minimum atomic E-state index is -0.217. The highest BCUT2D eigenvalue weighted by Crippen LogP contribution is 2.30. The van der Waals surface area contributed by atoms with E-state index in [1.807, 2.05) is 25.1 Å². The highest BCUT2D eigenvalue weighted by Gasteiger charge is 2.33. The van der Waals surface area contributed by atoms with Crippen LogP contribution in [-0.4, -0.2) is 17.3 Å². The van der Waals surface area contributed by atoms with Crippen LogP contribution in [0.2, 0.25) is 0 Å². The number of hydrogen-bond acceptors (Lipinski definition) is 1. The number of aryl methyl sites for hydroxylation is 1. The maximum Gasteiger partial charge on any atom is 0.252 e. The summed E-state index contributed by atoms with van der Waals surface area (Å²) >= 11 is 9.53. The minimum Gasteiger partial charge on any atom is -0.345 e. The predicted octanol–water partition coefficient (Wildman–Crippen LogP) is 4.43. The molecular formula is C15H19BrClNO. The van der Waals surface area contributed by atoms with Gasteiger partial charge in [-0.25, -0.2) is 0 Å². The van der Waals surface area contributed by atoms with Gasteiger partial charge in [-0.05, 0) is 37.5 Å². The maximum absolute atomic E-state index is 12.5. The molecule has 1 amide bonds. The van der Waals surface area contributed by atoms with Crippen LogP contribution in [-0.2, 0) is 0 Å². The van der Waals surface area contributed by atoms with Crippen molar-refractivity contribution >= 4 is 33.4 Å². The molecule has 1 aromatic rings. The molecule has 0 unspecified atom stereocenters. The third-order valence-electron chi connectivity index (χ3n) is 3.89. The lowest BCUT2D eigenvalue weighted by Crippen LogP contribution is -2.51. The van der Waals surface area contributed by atoms with Gasteiger partial charge in [0.05, 0.1) is 5.54 Å². The van der Waals surface area contributed by atoms with Crippen LogP contribution in [0, 0.1) is 6.92 Å². The molecule has 1 N–H and O–H groups in total. The number of carbonyl (C=O) groups excluding carboxylic acids is 1. The lowest BCUT2D eigenvalue weighted by atomic mass is 9.83. The summed E-state index contributed by atoms with van der Waals surface area (Å²) in [4.78, 5) is 12.5. The number of amides is 1. The number of carbonyl (C=O) groups is 1. The molecule has 1 aliphatic rings. The molecule has 0 atom stereocenters. The Morgan fingerprint density at radius 1 is 1.37 bits per heavy atom. The fourth-order valence-electron chi connectivity index (χ4n) is 2.67. The van der Waals surface area contributed by atoms with Gasteiger partial charge < -0.3 is 5.32 Å². The summed E-state index contributed by atoms with van der Waals surface area (Å²) in [5.74, 6) is 0.479. The Kier molecular flexibility index (Phi) is 4.91. The third-order valence-corrected chi connectivity index (χ3v) is 4.89. The van der Waals surface area contributed by atoms with Gasteiger partial charge in [0.25, 0.3) is 5.91 Å². The smallest absolute Gasteiger partial charge is 0.252 e. The van der Waals surface area contributed by atoms with E-state index in [0.717, 1.165) is 41.3 Å². The Balaban J connectivity index is 2.17. The normalized spacial score (nSPS) is 18.1. The van der Waals surface area contributed by atoms with Crippen LogP contribution in [0.1, 0.15) is 48.0 Å². The Hall–Kier alpha value is -0.540. The summed E-state index contributed by atoms with van der Waals surface area (Å²) in [6, 6.07) is 5.77. The van der Waals surface area contributed by atoms with Crippen LogP contribution >= 0.6 is 27.5 Å². The molecule has 4 heteroatoms. The van der Waals surface area contributed by atoms with Crippen molar-refractivity contribution in [3.8, 4) is 0 Å². The Morgan fingerprint density at radius 3 is 2.68 bits per heavy atom. The number of benzene rings is 1. The first-order valence-corrected chi connectivity index (χ1v) is 8.04. The zero-order valence-corrected chi connectivity index (χ0v) is 13.5. The summed E-state index contributed by atoms with van der Waals surface area (Å²) in [7, 11) is 0. The molecule has 0 radical (unpaired) electrons. The number of halogens is 2. The minimum absolute atomic E-state index is 0.0126. The molecule has 19 heavy (non-hydrogen) atoms. The van der Waals surface area contributed by atoms with Gasteiger partial charge in [0.15, 0.2) is 0 Å². The van der Waals surface area contributed by atoms with Gasteiger partial charge in [0.1, 0.15) is 0 Å². The van der Waals surface area contributed by atoms with Gasteiger partial charge in [-0.3, -0.25) is 4.79 Å². The molecule has 0 saturated heterocycles. The SMILES string of the molecule is Cc1ccc(Br)cc1C(=O)NC1(CCl)CCCCC1. The first-order valence-electron chi connectivity index (χ1n) is 6.71. The monoisotopic (exact) mass is 343 g/mol. The van der Waals surface area contributed by atoms with E-state index in [1.54, 1.807) is 0 Å². The van der Waals surface area contributed by atoms with Crippen molar-refractivity contribution in [2.75, 3.05) is 5.88 Å². The average Bonchev–Trinajstić information content (AvgIpc) is 2.42. The Labute approximate surface area is 128 Å². The lowest BCUT2D eigenvalue weighted by molar-refractivity contribution is 0.0884. The van der Waals surface area contributed by atoms with E-state index in [-0.39, 0.29) is 11.4 Å². The van der Waals surface area contributed by atoms with Crippen molar-refractivity contribution < 1.29 is 4.79 Å². The van der Waals surface area contributed by atoms with Gasteiger partial charge in [-0.2, -0.15) is 0 Å². The van der Waals surface area contributed by atoms with E-state index in [9.17, 15) is 4.79 Å². The standard InChI is InChI=1S/C15H19BrClNO/c1-11-5-6-12(16)9-13(11)14(19)18-15(10-17)7-3-2-4-8-15/h5-6,9H,2-4,7-8,10H2,1H3,(H,18,19). The summed E-state index contributed by atoms with van der Waals surface area (Å²) < 4.78 is 0.923. The maximum atomic E-state index is 12.5. The van der Waals surface area contributed by atoms with E-state index in [1.165, 1.54) is 6.42 Å². The van der Waals surface area contributed by atoms with Crippen LogP contribution in [0.25, 0.3) is 0 Å². The molecule has 1 aliphatic carbocycles. The average molecular weight is 345 g/mol. The van der Waals surface area contributed by atoms with E-state index in [0.29, 0.717) is 5.88 Å². The van der Waals surface area contributed by atoms with Crippen LogP contribution in [0.15, 0.2) is 22.7 Å². The topological polar surface area (TPSA) is 29.1 Å². The molecule has 2 rings (SSSR count). The molecule has 0 spiro atoms. The first kappa shape index (κ1) is 14.9. The second kappa shape index (κ2) is 6.27. The zero-order valence-electron chi connectivity index (χ0n) is 11.1. The molecule has 2 nitrogen and oxygen atoms in total. The summed E-state index contributed by atoms with van der Waals surface area (Å²) in [6.45, 7) is 1.95. The molecule has 1 aromatic carbocycles. The van der Waals surface area contributed by atoms with E-state index in [2.05, 4.69) is 21.2 Å². The van der Waals surface area contributed by atoms with Crippen molar-refractivity contribution in [1.29, 1.82) is 0 Å². The molecular weight excluding hydrogens is 326 g/mol. The molecule has 1 saturated carbocycles. The Morgan fingerprint density at radius 2 is 2.05 bits per heavy atom. The van der Waals surface area contributed by atoms with Crippen molar-refractivity contribution in [3.05, 3.63) is 33.8 Å². The second-order valence-electron chi connectivity index (χ2n) is 5.39. The number of hydrogen-bond donors (Lipinski definition) is 1. The summed E-state index contributed by atoms with van der Waals surface area (Å²) in [5, 5.41) is 3.17. The van der Waals surface area contributed by atoms with Gasteiger partial charge in [-0.15, -0.1) is 11.6 Å².